The number of carbonyl (C=O) groups excluding carboxylic acids is 2. The van der Waals surface area contributed by atoms with E-state index in [1.807, 2.05) is 30.3 Å². The van der Waals surface area contributed by atoms with E-state index in [0.29, 0.717) is 13.2 Å². The highest BCUT2D eigenvalue weighted by atomic mass is 16.5. The number of carbonyl (C=O) groups is 2. The Morgan fingerprint density at radius 3 is 2.58 bits per heavy atom. The molecule has 0 heterocycles. The van der Waals surface area contributed by atoms with Gasteiger partial charge in [0, 0.05) is 5.57 Å². The second-order valence-corrected chi connectivity index (χ2v) is 3.79. The van der Waals surface area contributed by atoms with Crippen molar-refractivity contribution >= 4 is 11.8 Å². The van der Waals surface area contributed by atoms with Crippen LogP contribution < -0.4 is 0 Å². The van der Waals surface area contributed by atoms with Gasteiger partial charge in [0.25, 0.3) is 5.78 Å². The van der Waals surface area contributed by atoms with Crippen LogP contribution in [-0.2, 0) is 25.7 Å². The van der Waals surface area contributed by atoms with Gasteiger partial charge in [-0.05, 0) is 18.6 Å². The van der Waals surface area contributed by atoms with Crippen LogP contribution >= 0.6 is 0 Å². The zero-order chi connectivity index (χ0) is 14.1. The first-order valence-electron chi connectivity index (χ1n) is 5.81. The standard InChI is InChI=1S/C15H16O4/c1-12(14(16)15(17)18-2)7-6-10-19-11-13-8-4-3-5-9-13/h3-6,8-9H,10-11H2,1-2H3. The molecule has 0 amide bonds. The minimum atomic E-state index is -0.886. The molecule has 0 aromatic heterocycles. The predicted molar refractivity (Wildman–Crippen MR) is 70.4 cm³/mol. The molecule has 1 rings (SSSR count). The molecule has 0 unspecified atom stereocenters. The van der Waals surface area contributed by atoms with E-state index < -0.39 is 11.8 Å². The first kappa shape index (κ1) is 14.9. The van der Waals surface area contributed by atoms with Crippen molar-refractivity contribution in [2.45, 2.75) is 13.5 Å². The van der Waals surface area contributed by atoms with Gasteiger partial charge in [-0.25, -0.2) is 4.79 Å². The monoisotopic (exact) mass is 260 g/mol. The Kier molecular flexibility index (Phi) is 6.30. The maximum atomic E-state index is 11.3. The lowest BCUT2D eigenvalue weighted by molar-refractivity contribution is -0.149. The lowest BCUT2D eigenvalue weighted by atomic mass is 10.2. The van der Waals surface area contributed by atoms with Crippen molar-refractivity contribution in [1.82, 2.24) is 0 Å². The van der Waals surface area contributed by atoms with E-state index in [2.05, 4.69) is 10.5 Å². The molecule has 0 saturated carbocycles. The number of ether oxygens (including phenoxy) is 2. The van der Waals surface area contributed by atoms with Gasteiger partial charge in [0.2, 0.25) is 0 Å². The van der Waals surface area contributed by atoms with Crippen LogP contribution in [-0.4, -0.2) is 25.5 Å². The van der Waals surface area contributed by atoms with Gasteiger partial charge in [0.05, 0.1) is 20.3 Å². The van der Waals surface area contributed by atoms with Crippen LogP contribution in [0.15, 0.2) is 47.7 Å². The van der Waals surface area contributed by atoms with Crippen LogP contribution in [0.2, 0.25) is 0 Å². The second kappa shape index (κ2) is 8.03. The smallest absolute Gasteiger partial charge is 0.379 e. The van der Waals surface area contributed by atoms with E-state index in [0.717, 1.165) is 5.56 Å². The van der Waals surface area contributed by atoms with Crippen LogP contribution in [0.1, 0.15) is 12.5 Å². The largest absolute Gasteiger partial charge is 0.463 e. The normalized spacial score (nSPS) is 9.37. The van der Waals surface area contributed by atoms with Crippen molar-refractivity contribution in [2.24, 2.45) is 0 Å². The van der Waals surface area contributed by atoms with E-state index in [4.69, 9.17) is 4.74 Å². The Hall–Kier alpha value is -2.16. The maximum absolute atomic E-state index is 11.3. The zero-order valence-corrected chi connectivity index (χ0v) is 11.0. The summed E-state index contributed by atoms with van der Waals surface area (Å²) < 4.78 is 9.70. The minimum Gasteiger partial charge on any atom is -0.463 e. The summed E-state index contributed by atoms with van der Waals surface area (Å²) in [5.74, 6) is -1.58. The highest BCUT2D eigenvalue weighted by Gasteiger charge is 2.14. The second-order valence-electron chi connectivity index (χ2n) is 3.79. The third-order valence-electron chi connectivity index (χ3n) is 2.34. The molecular weight excluding hydrogens is 244 g/mol. The lowest BCUT2D eigenvalue weighted by Gasteiger charge is -2.00. The molecular formula is C15H16O4. The molecule has 0 saturated heterocycles. The Morgan fingerprint density at radius 2 is 1.95 bits per heavy atom. The van der Waals surface area contributed by atoms with Gasteiger partial charge in [0.15, 0.2) is 0 Å². The molecule has 1 aromatic rings. The van der Waals surface area contributed by atoms with Gasteiger partial charge in [-0.3, -0.25) is 4.79 Å². The summed E-state index contributed by atoms with van der Waals surface area (Å²) in [6.07, 6.45) is 1.57. The molecule has 19 heavy (non-hydrogen) atoms. The molecule has 1 aromatic carbocycles. The van der Waals surface area contributed by atoms with Crippen molar-refractivity contribution in [1.29, 1.82) is 0 Å². The van der Waals surface area contributed by atoms with Crippen molar-refractivity contribution in [3.05, 3.63) is 53.3 Å². The quantitative estimate of drug-likeness (QED) is 0.258. The highest BCUT2D eigenvalue weighted by Crippen LogP contribution is 2.00. The molecule has 0 spiro atoms. The fourth-order valence-electron chi connectivity index (χ4n) is 1.32. The number of ketones is 1. The summed E-state index contributed by atoms with van der Waals surface area (Å²) in [6.45, 7) is 2.32. The molecule has 4 nitrogen and oxygen atoms in total. The van der Waals surface area contributed by atoms with Crippen LogP contribution in [0.25, 0.3) is 0 Å². The molecule has 4 heteroatoms. The lowest BCUT2D eigenvalue weighted by Crippen LogP contribution is -2.15. The Labute approximate surface area is 112 Å². The molecule has 0 N–H and O–H groups in total. The van der Waals surface area contributed by atoms with Gasteiger partial charge >= 0.3 is 5.97 Å². The summed E-state index contributed by atoms with van der Waals surface area (Å²) >= 11 is 0. The number of rotatable bonds is 6. The van der Waals surface area contributed by atoms with Crippen molar-refractivity contribution in [3.63, 3.8) is 0 Å². The number of hydrogen-bond donors (Lipinski definition) is 0. The predicted octanol–water partition coefficient (Wildman–Crippen LogP) is 2.05. The average Bonchev–Trinajstić information content (AvgIpc) is 2.46. The summed E-state index contributed by atoms with van der Waals surface area (Å²) in [5, 5.41) is 0. The fraction of sp³-hybridized carbons (Fsp3) is 0.267. The van der Waals surface area contributed by atoms with E-state index in [1.54, 1.807) is 6.08 Å². The Bertz CT molecular complexity index is 496. The third kappa shape index (κ3) is 5.34. The molecule has 0 atom stereocenters. The average molecular weight is 260 g/mol. The molecule has 0 bridgehead atoms. The highest BCUT2D eigenvalue weighted by molar-refractivity contribution is 6.40. The fourth-order valence-corrected chi connectivity index (χ4v) is 1.32. The van der Waals surface area contributed by atoms with Gasteiger partial charge in [-0.1, -0.05) is 30.3 Å². The summed E-state index contributed by atoms with van der Waals surface area (Å²) in [4.78, 5) is 22.3. The number of esters is 1. The number of benzene rings is 1. The summed E-state index contributed by atoms with van der Waals surface area (Å²) in [7, 11) is 1.17. The van der Waals surface area contributed by atoms with Crippen LogP contribution in [0, 0.1) is 0 Å². The molecule has 0 aliphatic rings. The topological polar surface area (TPSA) is 52.6 Å². The number of Topliss-reactive ketones (excluding diaryl/α,β-unsaturated/α-hetero) is 1. The summed E-state index contributed by atoms with van der Waals surface area (Å²) in [6, 6.07) is 9.74. The van der Waals surface area contributed by atoms with E-state index in [1.165, 1.54) is 14.0 Å². The molecule has 0 radical (unpaired) electrons. The van der Waals surface area contributed by atoms with Gasteiger partial charge in [0.1, 0.15) is 0 Å². The molecule has 0 aliphatic heterocycles. The Balaban J connectivity index is 2.41. The third-order valence-corrected chi connectivity index (χ3v) is 2.34. The summed E-state index contributed by atoms with van der Waals surface area (Å²) in [5.41, 5.74) is 3.98. The maximum Gasteiger partial charge on any atom is 0.379 e. The van der Waals surface area contributed by atoms with Crippen LogP contribution in [0.3, 0.4) is 0 Å². The number of methoxy groups -OCH3 is 1. The van der Waals surface area contributed by atoms with Crippen molar-refractivity contribution in [3.8, 4) is 0 Å². The van der Waals surface area contributed by atoms with E-state index >= 15 is 0 Å². The van der Waals surface area contributed by atoms with Gasteiger partial charge in [-0.2, -0.15) is 0 Å². The molecule has 0 aliphatic carbocycles. The van der Waals surface area contributed by atoms with Crippen molar-refractivity contribution < 1.29 is 19.1 Å². The van der Waals surface area contributed by atoms with E-state index in [9.17, 15) is 9.59 Å². The van der Waals surface area contributed by atoms with Crippen LogP contribution in [0.5, 0.6) is 0 Å². The number of hydrogen-bond acceptors (Lipinski definition) is 4. The van der Waals surface area contributed by atoms with Crippen molar-refractivity contribution in [2.75, 3.05) is 13.7 Å². The molecule has 100 valence electrons. The van der Waals surface area contributed by atoms with Gasteiger partial charge < -0.3 is 9.47 Å². The first-order valence-corrected chi connectivity index (χ1v) is 5.81. The van der Waals surface area contributed by atoms with E-state index in [-0.39, 0.29) is 5.57 Å². The first-order chi connectivity index (χ1) is 9.15. The van der Waals surface area contributed by atoms with Crippen LogP contribution in [0.4, 0.5) is 0 Å². The van der Waals surface area contributed by atoms with Gasteiger partial charge in [-0.15, -0.1) is 5.73 Å². The SMILES string of the molecule is COC(=O)C(=O)C(C)=C=CCOCc1ccccc1. The molecule has 0 fully saturated rings. The minimum absolute atomic E-state index is 0.204. The zero-order valence-electron chi connectivity index (χ0n) is 11.0. The Morgan fingerprint density at radius 1 is 1.26 bits per heavy atom.